The summed E-state index contributed by atoms with van der Waals surface area (Å²) < 4.78 is 5.93. The van der Waals surface area contributed by atoms with Gasteiger partial charge in [-0.15, -0.1) is 0 Å². The van der Waals surface area contributed by atoms with Crippen molar-refractivity contribution >= 4 is 5.69 Å². The predicted molar refractivity (Wildman–Crippen MR) is 71.5 cm³/mol. The van der Waals surface area contributed by atoms with Gasteiger partial charge in [0.25, 0.3) is 0 Å². The molecule has 0 amide bonds. The molecule has 0 saturated carbocycles. The van der Waals surface area contributed by atoms with Gasteiger partial charge < -0.3 is 10.5 Å². The van der Waals surface area contributed by atoms with Crippen LogP contribution in [0.2, 0.25) is 0 Å². The van der Waals surface area contributed by atoms with Crippen LogP contribution in [0.15, 0.2) is 42.5 Å². The minimum absolute atomic E-state index is 0.763. The Morgan fingerprint density at radius 2 is 1.82 bits per heavy atom. The van der Waals surface area contributed by atoms with Crippen molar-refractivity contribution in [1.82, 2.24) is 0 Å². The maximum Gasteiger partial charge on any atom is 0.130 e. The highest BCUT2D eigenvalue weighted by molar-refractivity contribution is 5.49. The summed E-state index contributed by atoms with van der Waals surface area (Å²) in [5.41, 5.74) is 8.75. The van der Waals surface area contributed by atoms with Gasteiger partial charge in [0.15, 0.2) is 0 Å². The third kappa shape index (κ3) is 2.59. The van der Waals surface area contributed by atoms with Crippen molar-refractivity contribution in [3.05, 3.63) is 53.6 Å². The molecule has 0 aliphatic heterocycles. The number of nitrogen functional groups attached to an aromatic ring is 1. The van der Waals surface area contributed by atoms with Crippen molar-refractivity contribution < 1.29 is 4.74 Å². The van der Waals surface area contributed by atoms with Crippen LogP contribution in [0.3, 0.4) is 0 Å². The van der Waals surface area contributed by atoms with E-state index in [2.05, 4.69) is 13.0 Å². The van der Waals surface area contributed by atoms with E-state index in [0.29, 0.717) is 0 Å². The highest BCUT2D eigenvalue weighted by atomic mass is 16.5. The molecular weight excluding hydrogens is 210 g/mol. The van der Waals surface area contributed by atoms with Crippen molar-refractivity contribution in [3.63, 3.8) is 0 Å². The first-order chi connectivity index (χ1) is 8.20. The lowest BCUT2D eigenvalue weighted by Gasteiger charge is -2.12. The lowest BCUT2D eigenvalue weighted by atomic mass is 10.1. The number of nitrogens with two attached hydrogens (primary N) is 1. The zero-order chi connectivity index (χ0) is 12.3. The first-order valence-corrected chi connectivity index (χ1v) is 5.82. The topological polar surface area (TPSA) is 35.2 Å². The Balaban J connectivity index is 2.31. The molecule has 2 nitrogen and oxygen atoms in total. The van der Waals surface area contributed by atoms with E-state index in [-0.39, 0.29) is 0 Å². The van der Waals surface area contributed by atoms with Gasteiger partial charge in [0.1, 0.15) is 11.5 Å². The molecule has 2 aromatic rings. The Kier molecular flexibility index (Phi) is 3.33. The highest BCUT2D eigenvalue weighted by Gasteiger charge is 2.05. The zero-order valence-corrected chi connectivity index (χ0v) is 10.2. The molecule has 0 radical (unpaired) electrons. The maximum atomic E-state index is 5.93. The Hall–Kier alpha value is -1.96. The third-order valence-electron chi connectivity index (χ3n) is 2.77. The molecule has 0 aliphatic rings. The number of ether oxygens (including phenoxy) is 1. The maximum absolute atomic E-state index is 5.93. The van der Waals surface area contributed by atoms with Crippen molar-refractivity contribution in [3.8, 4) is 11.5 Å². The first kappa shape index (κ1) is 11.5. The SMILES string of the molecule is CCc1ccccc1Oc1ccc(N)cc1C. The van der Waals surface area contributed by atoms with Gasteiger partial charge >= 0.3 is 0 Å². The van der Waals surface area contributed by atoms with Crippen molar-refractivity contribution in [2.24, 2.45) is 0 Å². The zero-order valence-electron chi connectivity index (χ0n) is 10.2. The number of aryl methyl sites for hydroxylation is 2. The number of anilines is 1. The smallest absolute Gasteiger partial charge is 0.130 e. The van der Waals surface area contributed by atoms with Crippen LogP contribution in [-0.4, -0.2) is 0 Å². The number of para-hydroxylation sites is 1. The van der Waals surface area contributed by atoms with Crippen LogP contribution >= 0.6 is 0 Å². The molecule has 0 aliphatic carbocycles. The second kappa shape index (κ2) is 4.91. The van der Waals surface area contributed by atoms with Gasteiger partial charge in [-0.3, -0.25) is 0 Å². The minimum Gasteiger partial charge on any atom is -0.457 e. The van der Waals surface area contributed by atoms with Gasteiger partial charge in [-0.1, -0.05) is 25.1 Å². The number of hydrogen-bond donors (Lipinski definition) is 1. The first-order valence-electron chi connectivity index (χ1n) is 5.82. The molecule has 0 fully saturated rings. The molecule has 0 heterocycles. The normalized spacial score (nSPS) is 10.2. The van der Waals surface area contributed by atoms with E-state index in [0.717, 1.165) is 29.2 Å². The average Bonchev–Trinajstić information content (AvgIpc) is 2.33. The lowest BCUT2D eigenvalue weighted by molar-refractivity contribution is 0.473. The van der Waals surface area contributed by atoms with E-state index in [1.165, 1.54) is 5.56 Å². The van der Waals surface area contributed by atoms with Crippen LogP contribution < -0.4 is 10.5 Å². The third-order valence-corrected chi connectivity index (χ3v) is 2.77. The Bertz CT molecular complexity index is 520. The van der Waals surface area contributed by atoms with Crippen molar-refractivity contribution in [2.45, 2.75) is 20.3 Å². The van der Waals surface area contributed by atoms with Gasteiger partial charge in [-0.2, -0.15) is 0 Å². The van der Waals surface area contributed by atoms with Crippen molar-refractivity contribution in [2.75, 3.05) is 5.73 Å². The average molecular weight is 227 g/mol. The van der Waals surface area contributed by atoms with Crippen LogP contribution in [0.25, 0.3) is 0 Å². The second-order valence-electron chi connectivity index (χ2n) is 4.09. The van der Waals surface area contributed by atoms with Crippen molar-refractivity contribution in [1.29, 1.82) is 0 Å². The van der Waals surface area contributed by atoms with E-state index >= 15 is 0 Å². The largest absolute Gasteiger partial charge is 0.457 e. The fraction of sp³-hybridized carbons (Fsp3) is 0.200. The Labute approximate surface area is 102 Å². The van der Waals surface area contributed by atoms with E-state index in [1.54, 1.807) is 0 Å². The highest BCUT2D eigenvalue weighted by Crippen LogP contribution is 2.29. The summed E-state index contributed by atoms with van der Waals surface area (Å²) in [6, 6.07) is 13.8. The summed E-state index contributed by atoms with van der Waals surface area (Å²) in [7, 11) is 0. The molecule has 0 aromatic heterocycles. The number of rotatable bonds is 3. The van der Waals surface area contributed by atoms with Crippen LogP contribution in [0, 0.1) is 6.92 Å². The van der Waals surface area contributed by atoms with E-state index < -0.39 is 0 Å². The Morgan fingerprint density at radius 1 is 1.06 bits per heavy atom. The molecule has 0 bridgehead atoms. The fourth-order valence-corrected chi connectivity index (χ4v) is 1.80. The van der Waals surface area contributed by atoms with Gasteiger partial charge in [-0.05, 0) is 48.7 Å². The van der Waals surface area contributed by atoms with E-state index in [4.69, 9.17) is 10.5 Å². The van der Waals surface area contributed by atoms with Gasteiger partial charge in [0.2, 0.25) is 0 Å². The molecule has 17 heavy (non-hydrogen) atoms. The number of benzene rings is 2. The summed E-state index contributed by atoms with van der Waals surface area (Å²) >= 11 is 0. The summed E-state index contributed by atoms with van der Waals surface area (Å²) in [6.45, 7) is 4.12. The van der Waals surface area contributed by atoms with Crippen LogP contribution in [0.1, 0.15) is 18.1 Å². The molecule has 88 valence electrons. The molecule has 2 rings (SSSR count). The van der Waals surface area contributed by atoms with Crippen LogP contribution in [-0.2, 0) is 6.42 Å². The molecule has 0 saturated heterocycles. The molecule has 0 spiro atoms. The van der Waals surface area contributed by atoms with E-state index in [9.17, 15) is 0 Å². The summed E-state index contributed by atoms with van der Waals surface area (Å²) in [5, 5.41) is 0. The molecule has 2 heteroatoms. The van der Waals surface area contributed by atoms with Gasteiger partial charge in [0, 0.05) is 5.69 Å². The standard InChI is InChI=1S/C15H17NO/c1-3-12-6-4-5-7-15(12)17-14-9-8-13(16)10-11(14)2/h4-10H,3,16H2,1-2H3. The molecule has 2 aromatic carbocycles. The Morgan fingerprint density at radius 3 is 2.53 bits per heavy atom. The lowest BCUT2D eigenvalue weighted by Crippen LogP contribution is -1.93. The fourth-order valence-electron chi connectivity index (χ4n) is 1.80. The van der Waals surface area contributed by atoms with E-state index in [1.807, 2.05) is 43.3 Å². The number of hydrogen-bond acceptors (Lipinski definition) is 2. The van der Waals surface area contributed by atoms with Gasteiger partial charge in [-0.25, -0.2) is 0 Å². The summed E-state index contributed by atoms with van der Waals surface area (Å²) in [4.78, 5) is 0. The predicted octanol–water partition coefficient (Wildman–Crippen LogP) is 3.93. The summed E-state index contributed by atoms with van der Waals surface area (Å²) in [6.07, 6.45) is 0.962. The van der Waals surface area contributed by atoms with Crippen LogP contribution in [0.4, 0.5) is 5.69 Å². The molecule has 0 unspecified atom stereocenters. The quantitative estimate of drug-likeness (QED) is 0.806. The molecule has 0 atom stereocenters. The van der Waals surface area contributed by atoms with Crippen LogP contribution in [0.5, 0.6) is 11.5 Å². The molecular formula is C15H17NO. The minimum atomic E-state index is 0.763. The molecule has 2 N–H and O–H groups in total. The monoisotopic (exact) mass is 227 g/mol. The summed E-state index contributed by atoms with van der Waals surface area (Å²) in [5.74, 6) is 1.78. The second-order valence-corrected chi connectivity index (χ2v) is 4.09. The van der Waals surface area contributed by atoms with Gasteiger partial charge in [0.05, 0.1) is 0 Å².